The molecule has 0 radical (unpaired) electrons. The minimum atomic E-state index is 0.0792. The van der Waals surface area contributed by atoms with Gasteiger partial charge in [0.2, 0.25) is 5.91 Å². The first-order valence-corrected chi connectivity index (χ1v) is 12.5. The average molecular weight is 448 g/mol. The lowest BCUT2D eigenvalue weighted by Crippen LogP contribution is -2.53. The molecule has 0 bridgehead atoms. The summed E-state index contributed by atoms with van der Waals surface area (Å²) in [5.74, 6) is 2.51. The number of anilines is 1. The molecule has 2 aliphatic rings. The number of carbonyl (C=O) groups excluding carboxylic acids is 2. The largest absolute Gasteiger partial charge is 0.370 e. The Morgan fingerprint density at radius 1 is 1.03 bits per heavy atom. The molecule has 2 saturated heterocycles. The van der Waals surface area contributed by atoms with E-state index in [9.17, 15) is 9.59 Å². The number of carbonyl (C=O) groups is 2. The van der Waals surface area contributed by atoms with Gasteiger partial charge in [0.25, 0.3) is 0 Å². The first-order chi connectivity index (χ1) is 16.0. The molecule has 4 rings (SSSR count). The molecule has 176 valence electrons. The van der Waals surface area contributed by atoms with Crippen LogP contribution >= 0.6 is 0 Å². The summed E-state index contributed by atoms with van der Waals surface area (Å²) in [6, 6.07) is 14.6. The Bertz CT molecular complexity index is 927. The lowest BCUT2D eigenvalue weighted by molar-refractivity contribution is -0.139. The smallest absolute Gasteiger partial charge is 0.222 e. The van der Waals surface area contributed by atoms with Gasteiger partial charge < -0.3 is 9.80 Å². The van der Waals surface area contributed by atoms with Crippen LogP contribution in [-0.4, -0.2) is 47.8 Å². The molecule has 0 saturated carbocycles. The van der Waals surface area contributed by atoms with E-state index in [0.29, 0.717) is 48.1 Å². The normalized spacial score (nSPS) is 18.3. The molecule has 0 aliphatic carbocycles. The summed E-state index contributed by atoms with van der Waals surface area (Å²) in [6.45, 7) is 10.1. The summed E-state index contributed by atoms with van der Waals surface area (Å²) in [6.07, 6.45) is 5.01. The number of rotatable bonds is 8. The van der Waals surface area contributed by atoms with E-state index < -0.39 is 0 Å². The molecule has 2 fully saturated rings. The molecule has 1 unspecified atom stereocenters. The standard InChI is InChI=1S/C28H37N3O2/c1-4-26(32)25-11-10-24(17-29-25)30-14-12-21(13-15-30)16-27(33)31-18-23(19-31)28(20(2)3)22-8-6-5-7-9-22/h5-11,17,20-21,23,28H,4,12-16,18-19H2,1-3H3. The number of nitrogens with zero attached hydrogens (tertiary/aromatic N) is 3. The van der Waals surface area contributed by atoms with E-state index in [1.54, 1.807) is 0 Å². The number of piperidine rings is 1. The summed E-state index contributed by atoms with van der Waals surface area (Å²) in [4.78, 5) is 33.4. The number of ketones is 1. The number of benzene rings is 1. The van der Waals surface area contributed by atoms with Crippen molar-refractivity contribution in [2.45, 2.75) is 52.4 Å². The number of amides is 1. The monoisotopic (exact) mass is 447 g/mol. The van der Waals surface area contributed by atoms with Crippen LogP contribution in [0.25, 0.3) is 0 Å². The molecule has 0 spiro atoms. The Labute approximate surface area is 198 Å². The van der Waals surface area contributed by atoms with Crippen LogP contribution in [-0.2, 0) is 4.79 Å². The second kappa shape index (κ2) is 10.5. The average Bonchev–Trinajstić information content (AvgIpc) is 2.81. The Morgan fingerprint density at radius 3 is 2.30 bits per heavy atom. The van der Waals surface area contributed by atoms with Crippen LogP contribution in [0.1, 0.15) is 68.4 Å². The van der Waals surface area contributed by atoms with Gasteiger partial charge in [-0.25, -0.2) is 0 Å². The number of aromatic nitrogens is 1. The van der Waals surface area contributed by atoms with Gasteiger partial charge in [0.05, 0.1) is 11.9 Å². The predicted octanol–water partition coefficient (Wildman–Crippen LogP) is 5.18. The minimum Gasteiger partial charge on any atom is -0.370 e. The van der Waals surface area contributed by atoms with Crippen LogP contribution in [0.15, 0.2) is 48.7 Å². The van der Waals surface area contributed by atoms with Crippen molar-refractivity contribution >= 4 is 17.4 Å². The maximum atomic E-state index is 12.9. The Hall–Kier alpha value is -2.69. The first kappa shape index (κ1) is 23.5. The SMILES string of the molecule is CCC(=O)c1ccc(N2CCC(CC(=O)N3CC(C(c4ccccc4)C(C)C)C3)CC2)cn1. The number of hydrogen-bond donors (Lipinski definition) is 0. The molecule has 33 heavy (non-hydrogen) atoms. The summed E-state index contributed by atoms with van der Waals surface area (Å²) < 4.78 is 0. The molecule has 1 aromatic carbocycles. The lowest BCUT2D eigenvalue weighted by atomic mass is 9.74. The molecule has 0 N–H and O–H groups in total. The lowest BCUT2D eigenvalue weighted by Gasteiger charge is -2.46. The molecular formula is C28H37N3O2. The van der Waals surface area contributed by atoms with Crippen LogP contribution in [0, 0.1) is 17.8 Å². The van der Waals surface area contributed by atoms with Crippen molar-refractivity contribution in [1.82, 2.24) is 9.88 Å². The van der Waals surface area contributed by atoms with Gasteiger partial charge in [-0.05, 0) is 48.3 Å². The van der Waals surface area contributed by atoms with Crippen molar-refractivity contribution in [2.75, 3.05) is 31.1 Å². The highest BCUT2D eigenvalue weighted by atomic mass is 16.2. The van der Waals surface area contributed by atoms with Gasteiger partial charge in [-0.2, -0.15) is 0 Å². The third-order valence-electron chi connectivity index (χ3n) is 7.47. The number of Topliss-reactive ketones (excluding diaryl/α,β-unsaturated/α-hetero) is 1. The number of hydrogen-bond acceptors (Lipinski definition) is 4. The number of likely N-dealkylation sites (tertiary alicyclic amines) is 1. The summed E-state index contributed by atoms with van der Waals surface area (Å²) >= 11 is 0. The van der Waals surface area contributed by atoms with Crippen molar-refractivity contribution in [3.8, 4) is 0 Å². The molecule has 2 aromatic rings. The van der Waals surface area contributed by atoms with Crippen LogP contribution in [0.3, 0.4) is 0 Å². The van der Waals surface area contributed by atoms with Gasteiger partial charge in [-0.15, -0.1) is 0 Å². The van der Waals surface area contributed by atoms with Gasteiger partial charge in [-0.3, -0.25) is 14.6 Å². The van der Waals surface area contributed by atoms with Gasteiger partial charge in [0, 0.05) is 44.9 Å². The highest BCUT2D eigenvalue weighted by molar-refractivity contribution is 5.94. The van der Waals surface area contributed by atoms with Crippen molar-refractivity contribution in [3.05, 3.63) is 59.9 Å². The second-order valence-electron chi connectivity index (χ2n) is 10.1. The van der Waals surface area contributed by atoms with Crippen molar-refractivity contribution in [3.63, 3.8) is 0 Å². The molecule has 1 amide bonds. The zero-order valence-electron chi connectivity index (χ0n) is 20.2. The second-order valence-corrected chi connectivity index (χ2v) is 10.1. The first-order valence-electron chi connectivity index (χ1n) is 12.5. The summed E-state index contributed by atoms with van der Waals surface area (Å²) in [5, 5.41) is 0. The third-order valence-corrected chi connectivity index (χ3v) is 7.47. The van der Waals surface area contributed by atoms with E-state index in [-0.39, 0.29) is 5.78 Å². The Balaban J connectivity index is 1.23. The molecule has 1 atom stereocenters. The van der Waals surface area contributed by atoms with E-state index in [2.05, 4.69) is 59.0 Å². The van der Waals surface area contributed by atoms with Crippen LogP contribution in [0.2, 0.25) is 0 Å². The van der Waals surface area contributed by atoms with E-state index in [1.165, 1.54) is 5.56 Å². The van der Waals surface area contributed by atoms with E-state index in [1.807, 2.05) is 25.3 Å². The van der Waals surface area contributed by atoms with Gasteiger partial charge in [0.1, 0.15) is 5.69 Å². The molecule has 2 aliphatic heterocycles. The zero-order valence-corrected chi connectivity index (χ0v) is 20.2. The minimum absolute atomic E-state index is 0.0792. The molecule has 1 aromatic heterocycles. The van der Waals surface area contributed by atoms with E-state index >= 15 is 0 Å². The van der Waals surface area contributed by atoms with Gasteiger partial charge in [-0.1, -0.05) is 51.1 Å². The van der Waals surface area contributed by atoms with Crippen molar-refractivity contribution in [2.24, 2.45) is 17.8 Å². The molecule has 5 nitrogen and oxygen atoms in total. The molecule has 5 heteroatoms. The zero-order chi connectivity index (χ0) is 23.4. The van der Waals surface area contributed by atoms with E-state index in [4.69, 9.17) is 0 Å². The highest BCUT2D eigenvalue weighted by Crippen LogP contribution is 2.38. The molecule has 3 heterocycles. The van der Waals surface area contributed by atoms with Crippen LogP contribution < -0.4 is 4.90 Å². The maximum Gasteiger partial charge on any atom is 0.222 e. The summed E-state index contributed by atoms with van der Waals surface area (Å²) in [7, 11) is 0. The van der Waals surface area contributed by atoms with Gasteiger partial charge in [0.15, 0.2) is 5.78 Å². The predicted molar refractivity (Wildman–Crippen MR) is 133 cm³/mol. The quantitative estimate of drug-likeness (QED) is 0.523. The summed E-state index contributed by atoms with van der Waals surface area (Å²) in [5.41, 5.74) is 3.01. The van der Waals surface area contributed by atoms with Crippen LogP contribution in [0.5, 0.6) is 0 Å². The number of pyridine rings is 1. The molecular weight excluding hydrogens is 410 g/mol. The van der Waals surface area contributed by atoms with E-state index in [0.717, 1.165) is 44.7 Å². The van der Waals surface area contributed by atoms with Gasteiger partial charge >= 0.3 is 0 Å². The van der Waals surface area contributed by atoms with Crippen molar-refractivity contribution < 1.29 is 9.59 Å². The highest BCUT2D eigenvalue weighted by Gasteiger charge is 2.38. The van der Waals surface area contributed by atoms with Crippen LogP contribution in [0.4, 0.5) is 5.69 Å². The third kappa shape index (κ3) is 5.45. The van der Waals surface area contributed by atoms with Crippen molar-refractivity contribution in [1.29, 1.82) is 0 Å². The maximum absolute atomic E-state index is 12.9. The fourth-order valence-electron chi connectivity index (χ4n) is 5.51. The Morgan fingerprint density at radius 2 is 1.73 bits per heavy atom. The fourth-order valence-corrected chi connectivity index (χ4v) is 5.51. The topological polar surface area (TPSA) is 53.5 Å². The fraction of sp³-hybridized carbons (Fsp3) is 0.536. The Kier molecular flexibility index (Phi) is 7.46.